The summed E-state index contributed by atoms with van der Waals surface area (Å²) in [5, 5.41) is 0. The Morgan fingerprint density at radius 2 is 1.12 bits per heavy atom. The standard InChI is InChI=1S/C45H51N3O12/c1-45-22-21-31-30-14-12-29(58-41(55)8-2-5-23-46-35(49)15-16-36(46)50)26-28(30)11-13-32(31)33(45)27-34(59-42(56)9-3-6-24-47-37(51)17-18-38(47)52)44(45)60-43(57)10-4-7-25-48-39(53)19-20-40(48)54/h12,14-20,26,31-34,44H,2-11,13,21-25,27H2,1H3. The molecule has 0 spiro atoms. The molecule has 15 nitrogen and oxygen atoms in total. The van der Waals surface area contributed by atoms with Crippen LogP contribution in [0.5, 0.6) is 5.75 Å². The molecule has 15 heteroatoms. The Bertz CT molecular complexity index is 2000. The van der Waals surface area contributed by atoms with Gasteiger partial charge in [0.25, 0.3) is 35.4 Å². The summed E-state index contributed by atoms with van der Waals surface area (Å²) in [7, 11) is 0. The molecule has 3 heterocycles. The molecule has 6 atom stereocenters. The van der Waals surface area contributed by atoms with Gasteiger partial charge < -0.3 is 14.2 Å². The predicted octanol–water partition coefficient (Wildman–Crippen LogP) is 4.17. The Morgan fingerprint density at radius 3 is 1.63 bits per heavy atom. The highest BCUT2D eigenvalue weighted by atomic mass is 16.6. The normalized spacial score (nSPS) is 26.6. The quantitative estimate of drug-likeness (QED) is 0.0891. The third-order valence-corrected chi connectivity index (χ3v) is 13.1. The fraction of sp³-hybridized carbons (Fsp3) is 0.533. The number of rotatable bonds is 18. The molecule has 1 aromatic rings. The highest BCUT2D eigenvalue weighted by Crippen LogP contribution is 2.62. The molecule has 2 fully saturated rings. The van der Waals surface area contributed by atoms with Gasteiger partial charge in [-0.15, -0.1) is 0 Å². The highest BCUT2D eigenvalue weighted by Gasteiger charge is 2.61. The molecule has 6 unspecified atom stereocenters. The van der Waals surface area contributed by atoms with Crippen LogP contribution in [0, 0.1) is 17.3 Å². The Kier molecular flexibility index (Phi) is 12.9. The van der Waals surface area contributed by atoms with Gasteiger partial charge in [0.2, 0.25) is 0 Å². The number of imide groups is 3. The van der Waals surface area contributed by atoms with Gasteiger partial charge in [0.05, 0.1) is 0 Å². The minimum atomic E-state index is -0.673. The van der Waals surface area contributed by atoms with Gasteiger partial charge in [-0.3, -0.25) is 57.9 Å². The van der Waals surface area contributed by atoms with E-state index in [9.17, 15) is 43.2 Å². The van der Waals surface area contributed by atoms with Crippen molar-refractivity contribution < 1.29 is 57.4 Å². The molecular formula is C45H51N3O12. The number of ether oxygens (including phenoxy) is 3. The molecule has 7 rings (SSSR count). The lowest BCUT2D eigenvalue weighted by atomic mass is 9.55. The van der Waals surface area contributed by atoms with Gasteiger partial charge in [0.1, 0.15) is 18.0 Å². The lowest BCUT2D eigenvalue weighted by molar-refractivity contribution is -0.174. The number of fused-ring (bicyclic) bond motifs is 5. The first-order valence-corrected chi connectivity index (χ1v) is 21.2. The van der Waals surface area contributed by atoms with E-state index in [-0.39, 0.29) is 98.1 Å². The number of esters is 3. The first-order valence-electron chi connectivity index (χ1n) is 21.2. The van der Waals surface area contributed by atoms with E-state index in [0.717, 1.165) is 45.9 Å². The second kappa shape index (κ2) is 18.3. The Balaban J connectivity index is 0.960. The molecule has 60 heavy (non-hydrogen) atoms. The van der Waals surface area contributed by atoms with Gasteiger partial charge in [-0.2, -0.15) is 0 Å². The van der Waals surface area contributed by atoms with E-state index in [1.807, 2.05) is 18.2 Å². The van der Waals surface area contributed by atoms with Gasteiger partial charge in [-0.05, 0) is 112 Å². The zero-order valence-corrected chi connectivity index (χ0v) is 33.8. The van der Waals surface area contributed by atoms with Crippen LogP contribution in [0.4, 0.5) is 0 Å². The summed E-state index contributed by atoms with van der Waals surface area (Å²) >= 11 is 0. The zero-order valence-electron chi connectivity index (χ0n) is 33.8. The number of benzene rings is 1. The minimum Gasteiger partial charge on any atom is -0.458 e. The minimum absolute atomic E-state index is 0.0784. The first kappa shape index (κ1) is 42.4. The van der Waals surface area contributed by atoms with Crippen molar-refractivity contribution in [3.8, 4) is 5.75 Å². The van der Waals surface area contributed by atoms with Gasteiger partial charge in [-0.25, -0.2) is 0 Å². The van der Waals surface area contributed by atoms with Crippen LogP contribution in [0.2, 0.25) is 0 Å². The van der Waals surface area contributed by atoms with Crippen LogP contribution in [-0.4, -0.2) is 99.9 Å². The maximum Gasteiger partial charge on any atom is 0.311 e. The molecule has 0 N–H and O–H groups in total. The predicted molar refractivity (Wildman–Crippen MR) is 211 cm³/mol. The summed E-state index contributed by atoms with van der Waals surface area (Å²) in [5.41, 5.74) is 1.85. The lowest BCUT2D eigenvalue weighted by Crippen LogP contribution is -2.47. The average Bonchev–Trinajstić information content (AvgIpc) is 3.92. The molecule has 0 radical (unpaired) electrons. The van der Waals surface area contributed by atoms with E-state index < -0.39 is 29.6 Å². The zero-order chi connectivity index (χ0) is 42.6. The smallest absolute Gasteiger partial charge is 0.311 e. The Morgan fingerprint density at radius 1 is 0.633 bits per heavy atom. The molecule has 0 saturated heterocycles. The number of carbonyl (C=O) groups excluding carboxylic acids is 9. The van der Waals surface area contributed by atoms with Crippen LogP contribution in [0.25, 0.3) is 0 Å². The SMILES string of the molecule is CC12CCC3c4ccc(OC(=O)CCCCN5C(=O)C=CC5=O)cc4CCC3C1CC(OC(=O)CCCCN1C(=O)C=CC1=O)C2OC(=O)CCCCN1C(=O)C=CC1=O. The Hall–Kier alpha value is -5.73. The van der Waals surface area contributed by atoms with E-state index in [2.05, 4.69) is 6.92 Å². The number of hydrogen-bond donors (Lipinski definition) is 0. The van der Waals surface area contributed by atoms with Crippen LogP contribution in [0.3, 0.4) is 0 Å². The fourth-order valence-corrected chi connectivity index (χ4v) is 10.1. The maximum atomic E-state index is 13.4. The fourth-order valence-electron chi connectivity index (χ4n) is 10.1. The maximum absolute atomic E-state index is 13.4. The van der Waals surface area contributed by atoms with Gasteiger partial charge in [-0.1, -0.05) is 13.0 Å². The summed E-state index contributed by atoms with van der Waals surface area (Å²) < 4.78 is 18.1. The average molecular weight is 826 g/mol. The molecule has 6 aliphatic rings. The van der Waals surface area contributed by atoms with Gasteiger partial charge >= 0.3 is 17.9 Å². The van der Waals surface area contributed by atoms with E-state index in [1.165, 1.54) is 42.0 Å². The van der Waals surface area contributed by atoms with Crippen molar-refractivity contribution >= 4 is 53.4 Å². The van der Waals surface area contributed by atoms with Gasteiger partial charge in [0.15, 0.2) is 0 Å². The molecule has 2 saturated carbocycles. The van der Waals surface area contributed by atoms with Crippen LogP contribution in [0.15, 0.2) is 54.7 Å². The molecule has 1 aromatic carbocycles. The van der Waals surface area contributed by atoms with Crippen molar-refractivity contribution in [2.45, 2.75) is 115 Å². The largest absolute Gasteiger partial charge is 0.458 e. The third kappa shape index (κ3) is 9.19. The molecule has 6 amide bonds. The molecule has 3 aliphatic heterocycles. The second-order valence-electron chi connectivity index (χ2n) is 16.8. The van der Waals surface area contributed by atoms with E-state index in [4.69, 9.17) is 14.2 Å². The molecule has 0 aromatic heterocycles. The summed E-state index contributed by atoms with van der Waals surface area (Å²) in [6.45, 7) is 2.80. The number of hydrogen-bond acceptors (Lipinski definition) is 12. The molecule has 0 bridgehead atoms. The monoisotopic (exact) mass is 825 g/mol. The summed E-state index contributed by atoms with van der Waals surface area (Å²) in [4.78, 5) is 114. The topological polar surface area (TPSA) is 191 Å². The van der Waals surface area contributed by atoms with Crippen molar-refractivity contribution in [3.05, 3.63) is 65.8 Å². The molecular weight excluding hydrogens is 775 g/mol. The number of amides is 6. The van der Waals surface area contributed by atoms with Crippen molar-refractivity contribution in [3.63, 3.8) is 0 Å². The lowest BCUT2D eigenvalue weighted by Gasteiger charge is -2.50. The third-order valence-electron chi connectivity index (χ3n) is 13.1. The molecule has 318 valence electrons. The van der Waals surface area contributed by atoms with Gasteiger partial charge in [0, 0.05) is 80.8 Å². The first-order chi connectivity index (χ1) is 28.8. The second-order valence-corrected chi connectivity index (χ2v) is 16.8. The van der Waals surface area contributed by atoms with Crippen molar-refractivity contribution in [1.29, 1.82) is 0 Å². The van der Waals surface area contributed by atoms with Crippen LogP contribution < -0.4 is 4.74 Å². The van der Waals surface area contributed by atoms with Crippen LogP contribution >= 0.6 is 0 Å². The summed E-state index contributed by atoms with van der Waals surface area (Å²) in [6.07, 6.45) is 12.7. The van der Waals surface area contributed by atoms with Crippen molar-refractivity contribution in [1.82, 2.24) is 14.7 Å². The number of nitrogens with zero attached hydrogens (tertiary/aromatic N) is 3. The van der Waals surface area contributed by atoms with E-state index >= 15 is 0 Å². The van der Waals surface area contributed by atoms with Crippen LogP contribution in [0.1, 0.15) is 107 Å². The van der Waals surface area contributed by atoms with E-state index in [1.54, 1.807) is 0 Å². The summed E-state index contributed by atoms with van der Waals surface area (Å²) in [5.74, 6) is -2.42. The molecule has 3 aliphatic carbocycles. The number of carbonyl (C=O) groups is 9. The van der Waals surface area contributed by atoms with Crippen LogP contribution in [-0.2, 0) is 59.0 Å². The highest BCUT2D eigenvalue weighted by molar-refractivity contribution is 6.14. The van der Waals surface area contributed by atoms with Crippen molar-refractivity contribution in [2.75, 3.05) is 19.6 Å². The summed E-state index contributed by atoms with van der Waals surface area (Å²) in [6, 6.07) is 5.80. The van der Waals surface area contributed by atoms with Crippen molar-refractivity contribution in [2.24, 2.45) is 17.3 Å². The number of aryl methyl sites for hydroxylation is 1. The Labute approximate surface area is 348 Å². The number of unbranched alkanes of at least 4 members (excludes halogenated alkanes) is 3. The van der Waals surface area contributed by atoms with E-state index in [0.29, 0.717) is 50.7 Å².